The zero-order valence-electron chi connectivity index (χ0n) is 16.4. The predicted molar refractivity (Wildman–Crippen MR) is 108 cm³/mol. The van der Waals surface area contributed by atoms with Gasteiger partial charge in [0.15, 0.2) is 0 Å². The van der Waals surface area contributed by atoms with Gasteiger partial charge in [0.05, 0.1) is 16.8 Å². The highest BCUT2D eigenvalue weighted by Gasteiger charge is 2.34. The van der Waals surface area contributed by atoms with Crippen molar-refractivity contribution in [1.29, 1.82) is 0 Å². The number of benzene rings is 2. The smallest absolute Gasteiger partial charge is 0.417 e. The number of halogens is 4. The van der Waals surface area contributed by atoms with Gasteiger partial charge in [-0.1, -0.05) is 41.9 Å². The fraction of sp³-hybridized carbons (Fsp3) is 0.190. The van der Waals surface area contributed by atoms with Gasteiger partial charge in [0.25, 0.3) is 5.91 Å². The summed E-state index contributed by atoms with van der Waals surface area (Å²) in [7, 11) is 1.65. The van der Waals surface area contributed by atoms with E-state index in [1.807, 2.05) is 0 Å². The van der Waals surface area contributed by atoms with Crippen molar-refractivity contribution in [1.82, 2.24) is 9.78 Å². The van der Waals surface area contributed by atoms with Gasteiger partial charge in [-0.15, -0.1) is 0 Å². The predicted octanol–water partition coefficient (Wildman–Crippen LogP) is 4.94. The van der Waals surface area contributed by atoms with E-state index in [1.165, 1.54) is 16.9 Å². The summed E-state index contributed by atoms with van der Waals surface area (Å²) in [5, 5.41) is 5.83. The number of aryl methyl sites for hydroxylation is 1. The lowest BCUT2D eigenvalue weighted by atomic mass is 10.1. The summed E-state index contributed by atoms with van der Waals surface area (Å²) in [5.41, 5.74) is -0.186. The standard InChI is InChI=1S/C21H17ClF3N3O3/c1-12-15(11-26-28(12)2)20(30)31-18(13-6-4-3-5-7-13)19(29)27-14-8-9-17(22)16(10-14)21(23,24)25/h3-11,18H,1-2H3,(H,27,29). The molecule has 1 amide bonds. The van der Waals surface area contributed by atoms with Crippen molar-refractivity contribution in [3.8, 4) is 0 Å². The van der Waals surface area contributed by atoms with Crippen molar-refractivity contribution in [2.45, 2.75) is 19.2 Å². The van der Waals surface area contributed by atoms with Gasteiger partial charge in [0, 0.05) is 24.0 Å². The molecule has 1 atom stereocenters. The maximum Gasteiger partial charge on any atom is 0.417 e. The number of rotatable bonds is 5. The average Bonchev–Trinajstić information content (AvgIpc) is 3.06. The number of hydrogen-bond acceptors (Lipinski definition) is 4. The second-order valence-corrected chi connectivity index (χ2v) is 7.05. The summed E-state index contributed by atoms with van der Waals surface area (Å²) < 4.78 is 46.2. The van der Waals surface area contributed by atoms with E-state index >= 15 is 0 Å². The van der Waals surface area contributed by atoms with E-state index in [-0.39, 0.29) is 11.3 Å². The van der Waals surface area contributed by atoms with Crippen LogP contribution in [-0.4, -0.2) is 21.7 Å². The van der Waals surface area contributed by atoms with Gasteiger partial charge in [0.1, 0.15) is 5.56 Å². The molecule has 3 rings (SSSR count). The molecule has 0 aliphatic carbocycles. The minimum atomic E-state index is -4.69. The average molecular weight is 452 g/mol. The van der Waals surface area contributed by atoms with Crippen LogP contribution in [0, 0.1) is 6.92 Å². The number of esters is 1. The van der Waals surface area contributed by atoms with Crippen molar-refractivity contribution in [2.24, 2.45) is 7.05 Å². The van der Waals surface area contributed by atoms with Crippen LogP contribution in [0.2, 0.25) is 5.02 Å². The quantitative estimate of drug-likeness (QED) is 0.558. The number of carbonyl (C=O) groups is 2. The van der Waals surface area contributed by atoms with E-state index < -0.39 is 34.7 Å². The van der Waals surface area contributed by atoms with Crippen LogP contribution in [-0.2, 0) is 22.8 Å². The molecular formula is C21H17ClF3N3O3. The number of nitrogens with one attached hydrogen (secondary N) is 1. The molecule has 0 saturated heterocycles. The SMILES string of the molecule is Cc1c(C(=O)OC(C(=O)Nc2ccc(Cl)c(C(F)(F)F)c2)c2ccccc2)cnn1C. The van der Waals surface area contributed by atoms with Crippen molar-refractivity contribution in [3.05, 3.63) is 82.1 Å². The normalized spacial score (nSPS) is 12.3. The van der Waals surface area contributed by atoms with E-state index in [9.17, 15) is 22.8 Å². The Hall–Kier alpha value is -3.33. The monoisotopic (exact) mass is 451 g/mol. The third kappa shape index (κ3) is 5.05. The molecule has 1 N–H and O–H groups in total. The molecule has 31 heavy (non-hydrogen) atoms. The number of hydrogen-bond donors (Lipinski definition) is 1. The Kier molecular flexibility index (Phi) is 6.35. The zero-order chi connectivity index (χ0) is 22.8. The van der Waals surface area contributed by atoms with E-state index in [0.717, 1.165) is 12.1 Å². The third-order valence-corrected chi connectivity index (χ3v) is 4.89. The lowest BCUT2D eigenvalue weighted by molar-refractivity contribution is -0.137. The largest absolute Gasteiger partial charge is 0.444 e. The molecule has 1 aromatic heterocycles. The van der Waals surface area contributed by atoms with Crippen LogP contribution >= 0.6 is 11.6 Å². The highest BCUT2D eigenvalue weighted by atomic mass is 35.5. The number of amides is 1. The molecule has 162 valence electrons. The van der Waals surface area contributed by atoms with Crippen molar-refractivity contribution in [3.63, 3.8) is 0 Å². The van der Waals surface area contributed by atoms with Crippen LogP contribution < -0.4 is 5.32 Å². The Morgan fingerprint density at radius 1 is 1.16 bits per heavy atom. The van der Waals surface area contributed by atoms with Crippen molar-refractivity contribution >= 4 is 29.2 Å². The summed E-state index contributed by atoms with van der Waals surface area (Å²) in [5.74, 6) is -1.61. The van der Waals surface area contributed by atoms with Gasteiger partial charge < -0.3 is 10.1 Å². The minimum absolute atomic E-state index is 0.142. The molecule has 0 fully saturated rings. The number of aromatic nitrogens is 2. The highest BCUT2D eigenvalue weighted by molar-refractivity contribution is 6.31. The van der Waals surface area contributed by atoms with Crippen molar-refractivity contribution in [2.75, 3.05) is 5.32 Å². The van der Waals surface area contributed by atoms with E-state index in [2.05, 4.69) is 10.4 Å². The second kappa shape index (κ2) is 8.81. The van der Waals surface area contributed by atoms with E-state index in [4.69, 9.17) is 16.3 Å². The van der Waals surface area contributed by atoms with Crippen LogP contribution in [0.3, 0.4) is 0 Å². The number of nitrogens with zero attached hydrogens (tertiary/aromatic N) is 2. The van der Waals surface area contributed by atoms with Crippen LogP contribution in [0.4, 0.5) is 18.9 Å². The van der Waals surface area contributed by atoms with Crippen LogP contribution in [0.15, 0.2) is 54.7 Å². The summed E-state index contributed by atoms with van der Waals surface area (Å²) in [6.07, 6.45) is -4.79. The zero-order valence-corrected chi connectivity index (χ0v) is 17.2. The molecule has 0 spiro atoms. The Morgan fingerprint density at radius 3 is 2.42 bits per heavy atom. The van der Waals surface area contributed by atoms with E-state index in [0.29, 0.717) is 11.3 Å². The van der Waals surface area contributed by atoms with Gasteiger partial charge in [-0.2, -0.15) is 18.3 Å². The van der Waals surface area contributed by atoms with Crippen molar-refractivity contribution < 1.29 is 27.5 Å². The molecule has 1 heterocycles. The molecular weight excluding hydrogens is 435 g/mol. The molecule has 0 saturated carbocycles. The summed E-state index contributed by atoms with van der Waals surface area (Å²) in [6.45, 7) is 1.66. The Balaban J connectivity index is 1.89. The van der Waals surface area contributed by atoms with Gasteiger partial charge >= 0.3 is 12.1 Å². The molecule has 0 radical (unpaired) electrons. The van der Waals surface area contributed by atoms with Crippen LogP contribution in [0.5, 0.6) is 0 Å². The fourth-order valence-corrected chi connectivity index (χ4v) is 3.02. The first-order valence-corrected chi connectivity index (χ1v) is 9.38. The molecule has 2 aromatic carbocycles. The maximum atomic E-state index is 13.1. The van der Waals surface area contributed by atoms with Crippen LogP contribution in [0.25, 0.3) is 0 Å². The first-order valence-electron chi connectivity index (χ1n) is 9.00. The first-order chi connectivity index (χ1) is 14.6. The molecule has 0 bridgehead atoms. The molecule has 1 unspecified atom stereocenters. The highest BCUT2D eigenvalue weighted by Crippen LogP contribution is 2.36. The fourth-order valence-electron chi connectivity index (χ4n) is 2.80. The number of anilines is 1. The second-order valence-electron chi connectivity index (χ2n) is 6.64. The van der Waals surface area contributed by atoms with Gasteiger partial charge in [-0.3, -0.25) is 9.48 Å². The number of ether oxygens (including phenoxy) is 1. The Morgan fingerprint density at radius 2 is 1.84 bits per heavy atom. The summed E-state index contributed by atoms with van der Waals surface area (Å²) in [4.78, 5) is 25.5. The number of carbonyl (C=O) groups excluding carboxylic acids is 2. The van der Waals surface area contributed by atoms with E-state index in [1.54, 1.807) is 44.3 Å². The minimum Gasteiger partial charge on any atom is -0.444 e. The molecule has 6 nitrogen and oxygen atoms in total. The molecule has 10 heteroatoms. The molecule has 3 aromatic rings. The summed E-state index contributed by atoms with van der Waals surface area (Å²) in [6, 6.07) is 11.1. The Labute approximate surface area is 180 Å². The van der Waals surface area contributed by atoms with Gasteiger partial charge in [-0.05, 0) is 25.1 Å². The third-order valence-electron chi connectivity index (χ3n) is 4.56. The topological polar surface area (TPSA) is 73.2 Å². The summed E-state index contributed by atoms with van der Waals surface area (Å²) >= 11 is 5.62. The number of alkyl halides is 3. The lowest BCUT2D eigenvalue weighted by Crippen LogP contribution is -2.26. The lowest BCUT2D eigenvalue weighted by Gasteiger charge is -2.19. The molecule has 0 aliphatic heterocycles. The maximum absolute atomic E-state index is 13.1. The van der Waals surface area contributed by atoms with Gasteiger partial charge in [-0.25, -0.2) is 4.79 Å². The Bertz CT molecular complexity index is 1110. The van der Waals surface area contributed by atoms with Gasteiger partial charge in [0.2, 0.25) is 6.10 Å². The van der Waals surface area contributed by atoms with Crippen LogP contribution in [0.1, 0.15) is 33.3 Å². The molecule has 0 aliphatic rings. The first kappa shape index (κ1) is 22.4.